The fraction of sp³-hybridized carbons (Fsp3) is 0.500. The van der Waals surface area contributed by atoms with Gasteiger partial charge in [-0.2, -0.15) is 0 Å². The summed E-state index contributed by atoms with van der Waals surface area (Å²) in [7, 11) is 1.47. The van der Waals surface area contributed by atoms with Crippen LogP contribution in [-0.4, -0.2) is 64.7 Å². The van der Waals surface area contributed by atoms with Gasteiger partial charge in [-0.1, -0.05) is 5.16 Å². The van der Waals surface area contributed by atoms with E-state index in [4.69, 9.17) is 10.6 Å². The predicted octanol–water partition coefficient (Wildman–Crippen LogP) is 2.70. The molecule has 4 heterocycles. The molecule has 2 fully saturated rings. The maximum atomic E-state index is 14.3. The van der Waals surface area contributed by atoms with Crippen LogP contribution < -0.4 is 5.73 Å². The molecule has 4 rings (SSSR count). The summed E-state index contributed by atoms with van der Waals surface area (Å²) in [6.45, 7) is 3.90. The number of halogens is 1. The quantitative estimate of drug-likeness (QED) is 0.533. The minimum absolute atomic E-state index is 0.0422. The number of nitrogen functional groups attached to an aromatic ring is 1. The van der Waals surface area contributed by atoms with Crippen molar-refractivity contribution in [2.24, 2.45) is 17.0 Å². The summed E-state index contributed by atoms with van der Waals surface area (Å²) in [4.78, 5) is 30.3. The second kappa shape index (κ2) is 10.7. The molecule has 2 N–H and O–H groups in total. The first-order valence-corrected chi connectivity index (χ1v) is 11.5. The van der Waals surface area contributed by atoms with Gasteiger partial charge in [0, 0.05) is 49.4 Å². The number of carbonyl (C=O) groups excluding carboxylic acids is 1. The number of piperidine rings is 2. The lowest BCUT2D eigenvalue weighted by Gasteiger charge is -2.37. The Morgan fingerprint density at radius 1 is 1.15 bits per heavy atom. The Labute approximate surface area is 193 Å². The molecule has 2 aromatic heterocycles. The Kier molecular flexibility index (Phi) is 7.49. The van der Waals surface area contributed by atoms with E-state index in [1.165, 1.54) is 13.3 Å². The summed E-state index contributed by atoms with van der Waals surface area (Å²) >= 11 is 0. The van der Waals surface area contributed by atoms with E-state index in [0.717, 1.165) is 50.9 Å². The van der Waals surface area contributed by atoms with Gasteiger partial charge in [0.15, 0.2) is 5.82 Å². The molecule has 0 radical (unpaired) electrons. The van der Waals surface area contributed by atoms with Crippen LogP contribution in [0.5, 0.6) is 0 Å². The average molecular weight is 455 g/mol. The fourth-order valence-corrected chi connectivity index (χ4v) is 4.85. The van der Waals surface area contributed by atoms with E-state index in [9.17, 15) is 9.18 Å². The van der Waals surface area contributed by atoms with Crippen LogP contribution in [0.1, 0.15) is 36.8 Å². The number of amides is 1. The molecule has 2 aliphatic rings. The van der Waals surface area contributed by atoms with E-state index in [2.05, 4.69) is 20.0 Å². The van der Waals surface area contributed by atoms with E-state index in [1.807, 2.05) is 17.0 Å². The van der Waals surface area contributed by atoms with Crippen LogP contribution in [0.15, 0.2) is 41.9 Å². The number of nitrogens with zero attached hydrogens (tertiary/aromatic N) is 5. The number of anilines is 1. The number of oxime groups is 1. The third-order valence-corrected chi connectivity index (χ3v) is 6.62. The van der Waals surface area contributed by atoms with E-state index >= 15 is 0 Å². The highest BCUT2D eigenvalue weighted by Gasteiger charge is 2.33. The first kappa shape index (κ1) is 23.1. The van der Waals surface area contributed by atoms with Crippen molar-refractivity contribution in [3.8, 4) is 0 Å². The van der Waals surface area contributed by atoms with Crippen molar-refractivity contribution in [2.75, 3.05) is 39.0 Å². The van der Waals surface area contributed by atoms with Crippen LogP contribution in [0.25, 0.3) is 0 Å². The van der Waals surface area contributed by atoms with Crippen molar-refractivity contribution in [1.82, 2.24) is 19.8 Å². The number of aromatic nitrogens is 2. The Bertz CT molecular complexity index is 984. The Hall–Kier alpha value is -3.07. The van der Waals surface area contributed by atoms with Gasteiger partial charge < -0.3 is 15.5 Å². The SMILES string of the molecule is CON=C(c1ccncc1F)C1CCN(C(=O)C2CCN(Cc3ccnc(N)c3)CC2)CC1. The monoisotopic (exact) mass is 454 g/mol. The van der Waals surface area contributed by atoms with Crippen LogP contribution >= 0.6 is 0 Å². The Morgan fingerprint density at radius 3 is 2.55 bits per heavy atom. The van der Waals surface area contributed by atoms with Crippen LogP contribution in [0.3, 0.4) is 0 Å². The maximum absolute atomic E-state index is 14.3. The van der Waals surface area contributed by atoms with Gasteiger partial charge in [-0.05, 0) is 62.5 Å². The molecule has 2 aliphatic heterocycles. The molecule has 1 amide bonds. The molecule has 2 saturated heterocycles. The molecule has 176 valence electrons. The minimum atomic E-state index is -0.409. The first-order valence-electron chi connectivity index (χ1n) is 11.5. The Morgan fingerprint density at radius 2 is 1.88 bits per heavy atom. The lowest BCUT2D eigenvalue weighted by Crippen LogP contribution is -2.46. The van der Waals surface area contributed by atoms with Crippen molar-refractivity contribution < 1.29 is 14.0 Å². The number of pyridine rings is 2. The summed E-state index contributed by atoms with van der Waals surface area (Å²) in [5.41, 5.74) is 7.93. The van der Waals surface area contributed by atoms with Crippen molar-refractivity contribution >= 4 is 17.4 Å². The predicted molar refractivity (Wildman–Crippen MR) is 124 cm³/mol. The summed E-state index contributed by atoms with van der Waals surface area (Å²) in [5.74, 6) is 0.464. The lowest BCUT2D eigenvalue weighted by atomic mass is 9.87. The molecule has 0 spiro atoms. The molecule has 0 saturated carbocycles. The van der Waals surface area contributed by atoms with Crippen molar-refractivity contribution in [3.63, 3.8) is 0 Å². The molecule has 0 atom stereocenters. The number of rotatable bonds is 6. The third-order valence-electron chi connectivity index (χ3n) is 6.62. The van der Waals surface area contributed by atoms with E-state index in [0.29, 0.717) is 30.2 Å². The zero-order valence-electron chi connectivity index (χ0n) is 19.0. The molecular weight excluding hydrogens is 423 g/mol. The molecule has 33 heavy (non-hydrogen) atoms. The van der Waals surface area contributed by atoms with Crippen molar-refractivity contribution in [3.05, 3.63) is 53.7 Å². The number of hydrogen-bond donors (Lipinski definition) is 1. The van der Waals surface area contributed by atoms with Gasteiger partial charge in [0.1, 0.15) is 12.9 Å². The molecule has 0 unspecified atom stereocenters. The molecular formula is C24H31FN6O2. The van der Waals surface area contributed by atoms with Gasteiger partial charge in [0.05, 0.1) is 11.9 Å². The normalized spacial score (nSPS) is 19.0. The number of likely N-dealkylation sites (tertiary alicyclic amines) is 2. The van der Waals surface area contributed by atoms with Gasteiger partial charge in [0.2, 0.25) is 5.91 Å². The second-order valence-electron chi connectivity index (χ2n) is 8.75. The van der Waals surface area contributed by atoms with Crippen LogP contribution in [0, 0.1) is 17.7 Å². The fourth-order valence-electron chi connectivity index (χ4n) is 4.85. The molecule has 0 aromatic carbocycles. The number of nitrogens with two attached hydrogens (primary N) is 1. The van der Waals surface area contributed by atoms with Gasteiger partial charge >= 0.3 is 0 Å². The average Bonchev–Trinajstić information content (AvgIpc) is 2.83. The highest BCUT2D eigenvalue weighted by Crippen LogP contribution is 2.27. The van der Waals surface area contributed by atoms with Gasteiger partial charge in [0.25, 0.3) is 0 Å². The van der Waals surface area contributed by atoms with Gasteiger partial charge in [-0.3, -0.25) is 14.7 Å². The first-order chi connectivity index (χ1) is 16.0. The molecule has 2 aromatic rings. The van der Waals surface area contributed by atoms with Gasteiger partial charge in [-0.25, -0.2) is 9.37 Å². The molecule has 0 bridgehead atoms. The lowest BCUT2D eigenvalue weighted by molar-refractivity contribution is -0.138. The summed E-state index contributed by atoms with van der Waals surface area (Å²) < 4.78 is 14.3. The van der Waals surface area contributed by atoms with Crippen molar-refractivity contribution in [1.29, 1.82) is 0 Å². The molecule has 9 heteroatoms. The highest BCUT2D eigenvalue weighted by molar-refractivity contribution is 6.02. The van der Waals surface area contributed by atoms with Crippen LogP contribution in [0.4, 0.5) is 10.2 Å². The smallest absolute Gasteiger partial charge is 0.225 e. The number of carbonyl (C=O) groups is 1. The zero-order valence-corrected chi connectivity index (χ0v) is 19.0. The van der Waals surface area contributed by atoms with E-state index < -0.39 is 5.82 Å². The van der Waals surface area contributed by atoms with Gasteiger partial charge in [-0.15, -0.1) is 0 Å². The van der Waals surface area contributed by atoms with Crippen LogP contribution in [-0.2, 0) is 16.2 Å². The molecule has 0 aliphatic carbocycles. The largest absolute Gasteiger partial charge is 0.399 e. The topological polar surface area (TPSA) is 96.9 Å². The number of hydrogen-bond acceptors (Lipinski definition) is 7. The standard InChI is InChI=1S/C24H31FN6O2/c1-33-29-23(20-3-8-27-15-21(20)25)18-6-12-31(13-7-18)24(32)19-4-10-30(11-5-19)16-17-2-9-28-22(26)14-17/h2-3,8-9,14-15,18-19H,4-7,10-13,16H2,1H3,(H2,26,28). The third kappa shape index (κ3) is 5.65. The minimum Gasteiger partial charge on any atom is -0.399 e. The molecule has 8 nitrogen and oxygen atoms in total. The summed E-state index contributed by atoms with van der Waals surface area (Å²) in [6.07, 6.45) is 7.66. The maximum Gasteiger partial charge on any atom is 0.225 e. The zero-order chi connectivity index (χ0) is 23.2. The summed E-state index contributed by atoms with van der Waals surface area (Å²) in [5, 5.41) is 4.11. The second-order valence-corrected chi connectivity index (χ2v) is 8.75. The summed E-state index contributed by atoms with van der Waals surface area (Å²) in [6, 6.07) is 5.51. The highest BCUT2D eigenvalue weighted by atomic mass is 19.1. The van der Waals surface area contributed by atoms with E-state index in [1.54, 1.807) is 18.5 Å². The van der Waals surface area contributed by atoms with Crippen molar-refractivity contribution in [2.45, 2.75) is 32.2 Å². The van der Waals surface area contributed by atoms with Crippen LogP contribution in [0.2, 0.25) is 0 Å². The van der Waals surface area contributed by atoms with E-state index in [-0.39, 0.29) is 17.7 Å². The Balaban J connectivity index is 1.29.